The van der Waals surface area contributed by atoms with Crippen LogP contribution in [-0.4, -0.2) is 47.5 Å². The first kappa shape index (κ1) is 16.7. The molecule has 0 radical (unpaired) electrons. The zero-order chi connectivity index (χ0) is 17.8. The largest absolute Gasteiger partial charge is 0.480 e. The van der Waals surface area contributed by atoms with Gasteiger partial charge in [-0.25, -0.2) is 9.97 Å². The smallest absolute Gasteiger partial charge is 0.325 e. The molecule has 0 amide bonds. The van der Waals surface area contributed by atoms with E-state index in [0.717, 1.165) is 0 Å². The van der Waals surface area contributed by atoms with E-state index in [2.05, 4.69) is 30.7 Å². The van der Waals surface area contributed by atoms with E-state index in [1.807, 2.05) is 6.92 Å². The molecule has 128 valence electrons. The Hall–Kier alpha value is -3.14. The van der Waals surface area contributed by atoms with Gasteiger partial charge in [0.2, 0.25) is 0 Å². The van der Waals surface area contributed by atoms with Crippen molar-refractivity contribution in [3.8, 4) is 11.3 Å². The summed E-state index contributed by atoms with van der Waals surface area (Å²) < 4.78 is 1.32. The van der Waals surface area contributed by atoms with Gasteiger partial charge in [0.05, 0.1) is 18.1 Å². The maximum atomic E-state index is 10.7. The molecule has 3 heterocycles. The minimum atomic E-state index is -0.965. The van der Waals surface area contributed by atoms with Crippen LogP contribution in [0.25, 0.3) is 22.4 Å². The van der Waals surface area contributed by atoms with E-state index in [4.69, 9.17) is 17.3 Å². The molecule has 3 aromatic rings. The first-order valence-electron chi connectivity index (χ1n) is 7.48. The molecule has 0 saturated carbocycles. The second-order valence-electron chi connectivity index (χ2n) is 5.10. The number of nitrogens with zero attached hydrogens (tertiary/aromatic N) is 5. The number of carboxylic acids is 1. The molecule has 0 atom stereocenters. The minimum absolute atomic E-state index is 0.213. The van der Waals surface area contributed by atoms with Crippen molar-refractivity contribution < 1.29 is 9.90 Å². The maximum absolute atomic E-state index is 10.7. The van der Waals surface area contributed by atoms with Crippen molar-refractivity contribution in [3.63, 3.8) is 0 Å². The Bertz CT molecular complexity index is 941. The number of hydrogen-bond acceptors (Lipinski definition) is 6. The molecule has 3 aromatic heterocycles. The number of pyridine rings is 1. The number of carboxylic acid groups (broad SMARTS) is 1. The van der Waals surface area contributed by atoms with Crippen LogP contribution in [0.1, 0.15) is 6.92 Å². The predicted molar refractivity (Wildman–Crippen MR) is 96.1 cm³/mol. The SMILES string of the molecule is CCNC(=S)Nc1ccc2ncc(-c3cnn(CC(=O)O)c3)nc2n1. The van der Waals surface area contributed by atoms with Gasteiger partial charge in [0.1, 0.15) is 17.9 Å². The fourth-order valence-corrected chi connectivity index (χ4v) is 2.40. The Morgan fingerprint density at radius 3 is 2.92 bits per heavy atom. The first-order valence-corrected chi connectivity index (χ1v) is 7.89. The fraction of sp³-hybridized carbons (Fsp3) is 0.200. The van der Waals surface area contributed by atoms with Gasteiger partial charge in [0.15, 0.2) is 10.8 Å². The van der Waals surface area contributed by atoms with Crippen LogP contribution in [0, 0.1) is 0 Å². The van der Waals surface area contributed by atoms with Crippen LogP contribution in [0.4, 0.5) is 5.82 Å². The lowest BCUT2D eigenvalue weighted by atomic mass is 10.2. The summed E-state index contributed by atoms with van der Waals surface area (Å²) >= 11 is 5.14. The molecule has 3 rings (SSSR count). The Morgan fingerprint density at radius 1 is 1.32 bits per heavy atom. The van der Waals surface area contributed by atoms with E-state index in [-0.39, 0.29) is 6.54 Å². The summed E-state index contributed by atoms with van der Waals surface area (Å²) in [7, 11) is 0. The molecular formula is C15H15N7O2S. The highest BCUT2D eigenvalue weighted by atomic mass is 32.1. The van der Waals surface area contributed by atoms with Crippen LogP contribution in [0.2, 0.25) is 0 Å². The predicted octanol–water partition coefficient (Wildman–Crippen LogP) is 1.28. The highest BCUT2D eigenvalue weighted by Crippen LogP contribution is 2.19. The van der Waals surface area contributed by atoms with Gasteiger partial charge >= 0.3 is 5.97 Å². The molecule has 0 fully saturated rings. The molecule has 0 bridgehead atoms. The number of carbonyl (C=O) groups is 1. The van der Waals surface area contributed by atoms with Gasteiger partial charge in [-0.3, -0.25) is 14.5 Å². The topological polar surface area (TPSA) is 118 Å². The Labute approximate surface area is 148 Å². The van der Waals surface area contributed by atoms with Crippen molar-refractivity contribution in [3.05, 3.63) is 30.7 Å². The van der Waals surface area contributed by atoms with Crippen LogP contribution in [-0.2, 0) is 11.3 Å². The van der Waals surface area contributed by atoms with Gasteiger partial charge in [-0.15, -0.1) is 0 Å². The summed E-state index contributed by atoms with van der Waals surface area (Å²) in [5, 5.41) is 19.3. The Morgan fingerprint density at radius 2 is 2.16 bits per heavy atom. The van der Waals surface area contributed by atoms with Gasteiger partial charge < -0.3 is 15.7 Å². The molecule has 0 unspecified atom stereocenters. The number of fused-ring (bicyclic) bond motifs is 1. The monoisotopic (exact) mass is 357 g/mol. The summed E-state index contributed by atoms with van der Waals surface area (Å²) in [5.74, 6) is -0.403. The lowest BCUT2D eigenvalue weighted by Gasteiger charge is -2.08. The highest BCUT2D eigenvalue weighted by molar-refractivity contribution is 7.80. The third kappa shape index (κ3) is 4.04. The van der Waals surface area contributed by atoms with Crippen LogP contribution < -0.4 is 10.6 Å². The third-order valence-corrected chi connectivity index (χ3v) is 3.46. The Balaban J connectivity index is 1.88. The third-order valence-electron chi connectivity index (χ3n) is 3.21. The number of hydrogen-bond donors (Lipinski definition) is 3. The molecule has 0 aliphatic rings. The molecular weight excluding hydrogens is 342 g/mol. The highest BCUT2D eigenvalue weighted by Gasteiger charge is 2.09. The average molecular weight is 357 g/mol. The van der Waals surface area contributed by atoms with Gasteiger partial charge in [-0.2, -0.15) is 5.10 Å². The number of thiocarbonyl (C=S) groups is 1. The van der Waals surface area contributed by atoms with Gasteiger partial charge in [-0.05, 0) is 31.3 Å². The number of aromatic nitrogens is 5. The van der Waals surface area contributed by atoms with Crippen molar-refractivity contribution in [2.24, 2.45) is 0 Å². The number of anilines is 1. The summed E-state index contributed by atoms with van der Waals surface area (Å²) in [4.78, 5) is 23.9. The van der Waals surface area contributed by atoms with Crippen molar-refractivity contribution >= 4 is 40.3 Å². The van der Waals surface area contributed by atoms with Crippen LogP contribution in [0.15, 0.2) is 30.7 Å². The van der Waals surface area contributed by atoms with Gasteiger partial charge in [0, 0.05) is 18.3 Å². The Kier molecular flexibility index (Phi) is 4.80. The van der Waals surface area contributed by atoms with Crippen molar-refractivity contribution in [2.45, 2.75) is 13.5 Å². The normalized spacial score (nSPS) is 10.6. The first-order chi connectivity index (χ1) is 12.0. The maximum Gasteiger partial charge on any atom is 0.325 e. The van der Waals surface area contributed by atoms with E-state index >= 15 is 0 Å². The lowest BCUT2D eigenvalue weighted by Crippen LogP contribution is -2.28. The van der Waals surface area contributed by atoms with Crippen molar-refractivity contribution in [1.82, 2.24) is 30.0 Å². The lowest BCUT2D eigenvalue weighted by molar-refractivity contribution is -0.137. The standard InChI is InChI=1S/C15H15N7O2S/c1-2-16-15(25)21-12-4-3-10-14(20-12)19-11(6-17-10)9-5-18-22(7-9)8-13(23)24/h3-7H,2,8H2,1H3,(H,23,24)(H2,16,19,20,21,25). The molecule has 25 heavy (non-hydrogen) atoms. The molecule has 0 aliphatic carbocycles. The molecule has 0 aliphatic heterocycles. The molecule has 10 heteroatoms. The quantitative estimate of drug-likeness (QED) is 0.580. The fourth-order valence-electron chi connectivity index (χ4n) is 2.15. The molecule has 0 saturated heterocycles. The molecule has 9 nitrogen and oxygen atoms in total. The minimum Gasteiger partial charge on any atom is -0.480 e. The van der Waals surface area contributed by atoms with E-state index in [1.54, 1.807) is 30.7 Å². The summed E-state index contributed by atoms with van der Waals surface area (Å²) in [5.41, 5.74) is 2.32. The van der Waals surface area contributed by atoms with Crippen molar-refractivity contribution in [1.29, 1.82) is 0 Å². The molecule has 0 spiro atoms. The zero-order valence-electron chi connectivity index (χ0n) is 13.3. The zero-order valence-corrected chi connectivity index (χ0v) is 14.1. The van der Waals surface area contributed by atoms with E-state index < -0.39 is 5.97 Å². The van der Waals surface area contributed by atoms with Gasteiger partial charge in [-0.1, -0.05) is 0 Å². The second-order valence-corrected chi connectivity index (χ2v) is 5.51. The van der Waals surface area contributed by atoms with E-state index in [0.29, 0.717) is 39.9 Å². The van der Waals surface area contributed by atoms with E-state index in [9.17, 15) is 4.79 Å². The van der Waals surface area contributed by atoms with Crippen LogP contribution in [0.5, 0.6) is 0 Å². The average Bonchev–Trinajstić information content (AvgIpc) is 3.02. The summed E-state index contributed by atoms with van der Waals surface area (Å²) in [6, 6.07) is 3.56. The number of aliphatic carboxylic acids is 1. The summed E-state index contributed by atoms with van der Waals surface area (Å²) in [6.07, 6.45) is 4.75. The van der Waals surface area contributed by atoms with Gasteiger partial charge in [0.25, 0.3) is 0 Å². The second kappa shape index (κ2) is 7.18. The molecule has 3 N–H and O–H groups in total. The van der Waals surface area contributed by atoms with E-state index in [1.165, 1.54) is 4.68 Å². The molecule has 0 aromatic carbocycles. The number of rotatable bonds is 5. The van der Waals surface area contributed by atoms with Crippen molar-refractivity contribution in [2.75, 3.05) is 11.9 Å². The van der Waals surface area contributed by atoms with Crippen LogP contribution in [0.3, 0.4) is 0 Å². The summed E-state index contributed by atoms with van der Waals surface area (Å²) in [6.45, 7) is 2.45. The van der Waals surface area contributed by atoms with Crippen LogP contribution >= 0.6 is 12.2 Å². The number of nitrogens with one attached hydrogen (secondary N) is 2.